The van der Waals surface area contributed by atoms with Crippen LogP contribution in [0.3, 0.4) is 0 Å². The summed E-state index contributed by atoms with van der Waals surface area (Å²) in [6.07, 6.45) is 1.50. The maximum Gasteiger partial charge on any atom is 0.137 e. The predicted molar refractivity (Wildman–Crippen MR) is 86.3 cm³/mol. The number of nitrogens with zero attached hydrogens (tertiary/aromatic N) is 3. The van der Waals surface area contributed by atoms with E-state index >= 15 is 0 Å². The fraction of sp³-hybridized carbons (Fsp3) is 0.375. The number of aryl methyl sites for hydroxylation is 1. The number of aromatic nitrogens is 2. The van der Waals surface area contributed by atoms with Crippen LogP contribution in [0.15, 0.2) is 30.6 Å². The molecule has 21 heavy (non-hydrogen) atoms. The summed E-state index contributed by atoms with van der Waals surface area (Å²) in [4.78, 5) is 10.5. The molecule has 5 heteroatoms. The van der Waals surface area contributed by atoms with Crippen molar-refractivity contribution in [2.75, 3.05) is 24.6 Å². The van der Waals surface area contributed by atoms with Gasteiger partial charge in [-0.3, -0.25) is 0 Å². The third-order valence-electron chi connectivity index (χ3n) is 3.39. The number of benzene rings is 1. The van der Waals surface area contributed by atoms with Gasteiger partial charge in [-0.25, -0.2) is 9.97 Å². The van der Waals surface area contributed by atoms with Crippen LogP contribution in [0.1, 0.15) is 18.1 Å². The lowest BCUT2D eigenvalue weighted by Gasteiger charge is -2.23. The highest BCUT2D eigenvalue weighted by atomic mass is 35.5. The van der Waals surface area contributed by atoms with Crippen LogP contribution >= 0.6 is 11.6 Å². The topological polar surface area (TPSA) is 38.2 Å². The fourth-order valence-electron chi connectivity index (χ4n) is 2.14. The van der Waals surface area contributed by atoms with E-state index in [9.17, 15) is 0 Å². The van der Waals surface area contributed by atoms with E-state index in [4.69, 9.17) is 16.3 Å². The minimum atomic E-state index is 0.498. The Bertz CT molecular complexity index is 604. The monoisotopic (exact) mass is 305 g/mol. The molecule has 0 aliphatic heterocycles. The number of ether oxygens (including phenoxy) is 1. The number of hydrogen-bond donors (Lipinski definition) is 0. The number of likely N-dealkylation sites (N-methyl/N-ethyl adjacent to an activating group) is 1. The lowest BCUT2D eigenvalue weighted by atomic mass is 10.2. The van der Waals surface area contributed by atoms with E-state index in [-0.39, 0.29) is 0 Å². The predicted octanol–water partition coefficient (Wildman–Crippen LogP) is 3.65. The molecular formula is C16H20ClN3O. The Balaban J connectivity index is 2.00. The maximum absolute atomic E-state index is 6.06. The zero-order valence-corrected chi connectivity index (χ0v) is 13.4. The highest BCUT2D eigenvalue weighted by Crippen LogP contribution is 2.22. The van der Waals surface area contributed by atoms with Crippen LogP contribution in [0, 0.1) is 13.8 Å². The third-order valence-corrected chi connectivity index (χ3v) is 3.77. The van der Waals surface area contributed by atoms with Gasteiger partial charge < -0.3 is 9.64 Å². The Labute approximate surface area is 130 Å². The molecule has 2 rings (SSSR count). The van der Waals surface area contributed by atoms with E-state index in [0.717, 1.165) is 35.8 Å². The quantitative estimate of drug-likeness (QED) is 0.764. The molecule has 0 fully saturated rings. The second-order valence-corrected chi connectivity index (χ2v) is 5.16. The van der Waals surface area contributed by atoms with Gasteiger partial charge in [0.25, 0.3) is 0 Å². The van der Waals surface area contributed by atoms with E-state index in [0.29, 0.717) is 11.8 Å². The molecule has 0 atom stereocenters. The molecule has 0 spiro atoms. The van der Waals surface area contributed by atoms with Crippen molar-refractivity contribution in [3.05, 3.63) is 46.9 Å². The molecule has 0 radical (unpaired) electrons. The molecule has 0 aliphatic carbocycles. The molecule has 0 bridgehead atoms. The molecule has 4 nitrogen and oxygen atoms in total. The Morgan fingerprint density at radius 3 is 2.67 bits per heavy atom. The van der Waals surface area contributed by atoms with Crippen molar-refractivity contribution in [2.45, 2.75) is 20.8 Å². The first-order valence-electron chi connectivity index (χ1n) is 7.04. The van der Waals surface area contributed by atoms with E-state index in [1.54, 1.807) is 0 Å². The van der Waals surface area contributed by atoms with Gasteiger partial charge in [0.2, 0.25) is 0 Å². The van der Waals surface area contributed by atoms with Gasteiger partial charge in [-0.15, -0.1) is 0 Å². The summed E-state index contributed by atoms with van der Waals surface area (Å²) in [6.45, 7) is 8.25. The molecule has 0 N–H and O–H groups in total. The summed E-state index contributed by atoms with van der Waals surface area (Å²) in [6, 6.07) is 8.01. The summed E-state index contributed by atoms with van der Waals surface area (Å²) < 4.78 is 5.84. The second-order valence-electron chi connectivity index (χ2n) is 4.81. The summed E-state index contributed by atoms with van der Waals surface area (Å²) in [7, 11) is 0. The number of hydrogen-bond acceptors (Lipinski definition) is 4. The van der Waals surface area contributed by atoms with Crippen LogP contribution in [-0.2, 0) is 0 Å². The van der Waals surface area contributed by atoms with E-state index < -0.39 is 0 Å². The van der Waals surface area contributed by atoms with Crippen LogP contribution in [0.4, 0.5) is 5.82 Å². The minimum absolute atomic E-state index is 0.498. The zero-order valence-electron chi connectivity index (χ0n) is 12.6. The number of para-hydroxylation sites is 1. The SMILES string of the molecule is CCN(CCOc1ccccc1C)c1ncnc(Cl)c1C. The third kappa shape index (κ3) is 3.85. The number of halogens is 1. The summed E-state index contributed by atoms with van der Waals surface area (Å²) in [5, 5.41) is 0.498. The van der Waals surface area contributed by atoms with Gasteiger partial charge in [-0.1, -0.05) is 29.8 Å². The van der Waals surface area contributed by atoms with E-state index in [1.807, 2.05) is 38.1 Å². The fourth-order valence-corrected chi connectivity index (χ4v) is 2.27. The van der Waals surface area contributed by atoms with Crippen molar-refractivity contribution in [3.8, 4) is 5.75 Å². The lowest BCUT2D eigenvalue weighted by molar-refractivity contribution is 0.321. The Kier molecular flexibility index (Phi) is 5.39. The molecule has 0 saturated carbocycles. The summed E-state index contributed by atoms with van der Waals surface area (Å²) in [5.41, 5.74) is 2.04. The number of anilines is 1. The molecule has 0 saturated heterocycles. The zero-order chi connectivity index (χ0) is 15.2. The first-order chi connectivity index (χ1) is 10.1. The highest BCUT2D eigenvalue weighted by Gasteiger charge is 2.12. The maximum atomic E-state index is 6.06. The average Bonchev–Trinajstić information content (AvgIpc) is 2.49. The molecule has 0 amide bonds. The Morgan fingerprint density at radius 2 is 1.95 bits per heavy atom. The summed E-state index contributed by atoms with van der Waals surface area (Å²) >= 11 is 6.06. The van der Waals surface area contributed by atoms with Crippen LogP contribution < -0.4 is 9.64 Å². The molecular weight excluding hydrogens is 286 g/mol. The van der Waals surface area contributed by atoms with Gasteiger partial charge in [0, 0.05) is 12.1 Å². The molecule has 1 heterocycles. The van der Waals surface area contributed by atoms with Gasteiger partial charge in [-0.05, 0) is 32.4 Å². The average molecular weight is 306 g/mol. The van der Waals surface area contributed by atoms with E-state index in [1.165, 1.54) is 6.33 Å². The molecule has 1 aromatic heterocycles. The summed E-state index contributed by atoms with van der Waals surface area (Å²) in [5.74, 6) is 1.79. The van der Waals surface area contributed by atoms with Gasteiger partial charge >= 0.3 is 0 Å². The van der Waals surface area contributed by atoms with Crippen LogP contribution in [0.2, 0.25) is 5.15 Å². The van der Waals surface area contributed by atoms with Gasteiger partial charge in [0.15, 0.2) is 0 Å². The van der Waals surface area contributed by atoms with Crippen molar-refractivity contribution in [1.82, 2.24) is 9.97 Å². The highest BCUT2D eigenvalue weighted by molar-refractivity contribution is 6.30. The molecule has 112 valence electrons. The first-order valence-corrected chi connectivity index (χ1v) is 7.41. The van der Waals surface area contributed by atoms with Crippen LogP contribution in [0.5, 0.6) is 5.75 Å². The van der Waals surface area contributed by atoms with Crippen molar-refractivity contribution >= 4 is 17.4 Å². The minimum Gasteiger partial charge on any atom is -0.491 e. The Hall–Kier alpha value is -1.81. The largest absolute Gasteiger partial charge is 0.491 e. The van der Waals surface area contributed by atoms with Crippen molar-refractivity contribution in [1.29, 1.82) is 0 Å². The van der Waals surface area contributed by atoms with Crippen LogP contribution in [-0.4, -0.2) is 29.7 Å². The van der Waals surface area contributed by atoms with Crippen LogP contribution in [0.25, 0.3) is 0 Å². The van der Waals surface area contributed by atoms with Crippen molar-refractivity contribution < 1.29 is 4.74 Å². The van der Waals surface area contributed by atoms with Gasteiger partial charge in [0.05, 0.1) is 6.54 Å². The lowest BCUT2D eigenvalue weighted by Crippen LogP contribution is -2.29. The first kappa shape index (κ1) is 15.6. The molecule has 2 aromatic rings. The Morgan fingerprint density at radius 1 is 1.19 bits per heavy atom. The van der Waals surface area contributed by atoms with E-state index in [2.05, 4.69) is 21.8 Å². The van der Waals surface area contributed by atoms with Crippen molar-refractivity contribution in [3.63, 3.8) is 0 Å². The smallest absolute Gasteiger partial charge is 0.137 e. The molecule has 1 aromatic carbocycles. The molecule has 0 unspecified atom stereocenters. The van der Waals surface area contributed by atoms with Gasteiger partial charge in [-0.2, -0.15) is 0 Å². The van der Waals surface area contributed by atoms with Gasteiger partial charge in [0.1, 0.15) is 29.7 Å². The second kappa shape index (κ2) is 7.27. The number of rotatable bonds is 6. The van der Waals surface area contributed by atoms with Crippen molar-refractivity contribution in [2.24, 2.45) is 0 Å². The standard InChI is InChI=1S/C16H20ClN3O/c1-4-20(16-13(3)15(17)18-11-19-16)9-10-21-14-8-6-5-7-12(14)2/h5-8,11H,4,9-10H2,1-3H3. The molecule has 0 aliphatic rings. The normalized spacial score (nSPS) is 10.5.